The lowest BCUT2D eigenvalue weighted by molar-refractivity contribution is -0.116. The topological polar surface area (TPSA) is 58.6 Å². The summed E-state index contributed by atoms with van der Waals surface area (Å²) in [5.74, 6) is -0.139. The van der Waals surface area contributed by atoms with Crippen LogP contribution in [0.4, 0.5) is 5.69 Å². The molecule has 27 heavy (non-hydrogen) atoms. The van der Waals surface area contributed by atoms with Crippen LogP contribution in [0.25, 0.3) is 0 Å². The number of morpholine rings is 1. The Kier molecular flexibility index (Phi) is 6.48. The van der Waals surface area contributed by atoms with E-state index in [0.717, 1.165) is 5.56 Å². The van der Waals surface area contributed by atoms with Gasteiger partial charge in [0.05, 0.1) is 19.3 Å². The van der Waals surface area contributed by atoms with E-state index < -0.39 is 0 Å². The van der Waals surface area contributed by atoms with Gasteiger partial charge in [0, 0.05) is 29.2 Å². The van der Waals surface area contributed by atoms with Crippen LogP contribution in [-0.2, 0) is 16.0 Å². The van der Waals surface area contributed by atoms with Crippen LogP contribution in [0.5, 0.6) is 0 Å². The molecule has 1 unspecified atom stereocenters. The molecular weight excluding hydrogens is 364 g/mol. The highest BCUT2D eigenvalue weighted by Crippen LogP contribution is 2.17. The zero-order valence-electron chi connectivity index (χ0n) is 15.3. The maximum absolute atomic E-state index is 12.7. The molecule has 1 fully saturated rings. The van der Waals surface area contributed by atoms with Crippen molar-refractivity contribution in [2.24, 2.45) is 0 Å². The standard InChI is InChI=1S/C21H23ClN2O3/c1-15-14-27-11-10-24(15)21(26)17-5-3-7-19(13-17)23-20(25)9-8-16-4-2-6-18(22)12-16/h2-7,12-13,15H,8-11,14H2,1H3,(H,23,25). The Morgan fingerprint density at radius 3 is 2.81 bits per heavy atom. The van der Waals surface area contributed by atoms with Crippen molar-refractivity contribution in [2.45, 2.75) is 25.8 Å². The Morgan fingerprint density at radius 1 is 1.22 bits per heavy atom. The molecule has 1 atom stereocenters. The van der Waals surface area contributed by atoms with E-state index >= 15 is 0 Å². The number of aryl methyl sites for hydroxylation is 1. The number of hydrogen-bond acceptors (Lipinski definition) is 3. The summed E-state index contributed by atoms with van der Waals surface area (Å²) in [6.45, 7) is 3.65. The predicted molar refractivity (Wildman–Crippen MR) is 106 cm³/mol. The molecule has 1 heterocycles. The van der Waals surface area contributed by atoms with Crippen molar-refractivity contribution < 1.29 is 14.3 Å². The second-order valence-corrected chi connectivity index (χ2v) is 7.12. The Labute approximate surface area is 164 Å². The van der Waals surface area contributed by atoms with Crippen molar-refractivity contribution in [2.75, 3.05) is 25.1 Å². The molecule has 1 saturated heterocycles. The normalized spacial score (nSPS) is 16.8. The van der Waals surface area contributed by atoms with Crippen LogP contribution in [0, 0.1) is 0 Å². The molecule has 1 N–H and O–H groups in total. The average molecular weight is 387 g/mol. The summed E-state index contributed by atoms with van der Waals surface area (Å²) in [6, 6.07) is 14.6. The van der Waals surface area contributed by atoms with Gasteiger partial charge in [-0.25, -0.2) is 0 Å². The third-order valence-corrected chi connectivity index (χ3v) is 4.79. The van der Waals surface area contributed by atoms with E-state index in [2.05, 4.69) is 5.32 Å². The van der Waals surface area contributed by atoms with Crippen molar-refractivity contribution in [3.63, 3.8) is 0 Å². The van der Waals surface area contributed by atoms with Crippen molar-refractivity contribution in [3.05, 3.63) is 64.7 Å². The van der Waals surface area contributed by atoms with Gasteiger partial charge in [0.25, 0.3) is 5.91 Å². The molecule has 5 nitrogen and oxygen atoms in total. The molecule has 142 valence electrons. The quantitative estimate of drug-likeness (QED) is 0.850. The van der Waals surface area contributed by atoms with Gasteiger partial charge in [0.1, 0.15) is 0 Å². The van der Waals surface area contributed by atoms with E-state index in [-0.39, 0.29) is 17.9 Å². The lowest BCUT2D eigenvalue weighted by Crippen LogP contribution is -2.47. The maximum Gasteiger partial charge on any atom is 0.254 e. The third-order valence-electron chi connectivity index (χ3n) is 4.55. The largest absolute Gasteiger partial charge is 0.377 e. The van der Waals surface area contributed by atoms with Gasteiger partial charge >= 0.3 is 0 Å². The summed E-state index contributed by atoms with van der Waals surface area (Å²) in [5.41, 5.74) is 2.21. The fraction of sp³-hybridized carbons (Fsp3) is 0.333. The van der Waals surface area contributed by atoms with Crippen LogP contribution in [-0.4, -0.2) is 42.5 Å². The average Bonchev–Trinajstić information content (AvgIpc) is 2.66. The molecule has 0 aliphatic carbocycles. The van der Waals surface area contributed by atoms with Crippen molar-refractivity contribution in [3.8, 4) is 0 Å². The second-order valence-electron chi connectivity index (χ2n) is 6.68. The van der Waals surface area contributed by atoms with Crippen LogP contribution in [0.3, 0.4) is 0 Å². The van der Waals surface area contributed by atoms with Crippen molar-refractivity contribution in [1.82, 2.24) is 4.90 Å². The number of ether oxygens (including phenoxy) is 1. The third kappa shape index (κ3) is 5.31. The highest BCUT2D eigenvalue weighted by atomic mass is 35.5. The van der Waals surface area contributed by atoms with Gasteiger partial charge in [0.15, 0.2) is 0 Å². The molecule has 2 aromatic rings. The first kappa shape index (κ1) is 19.4. The van der Waals surface area contributed by atoms with Crippen molar-refractivity contribution in [1.29, 1.82) is 0 Å². The van der Waals surface area contributed by atoms with Crippen LogP contribution in [0.15, 0.2) is 48.5 Å². The number of halogens is 1. The number of nitrogens with zero attached hydrogens (tertiary/aromatic N) is 1. The Morgan fingerprint density at radius 2 is 2.04 bits per heavy atom. The summed E-state index contributed by atoms with van der Waals surface area (Å²) in [6.07, 6.45) is 0.954. The summed E-state index contributed by atoms with van der Waals surface area (Å²) in [5, 5.41) is 3.53. The number of carbonyl (C=O) groups is 2. The molecule has 1 aliphatic rings. The minimum Gasteiger partial charge on any atom is -0.377 e. The number of amides is 2. The number of carbonyl (C=O) groups excluding carboxylic acids is 2. The number of nitrogens with one attached hydrogen (secondary N) is 1. The van der Waals surface area contributed by atoms with E-state index in [9.17, 15) is 9.59 Å². The van der Waals surface area contributed by atoms with Crippen LogP contribution in [0.2, 0.25) is 5.02 Å². The van der Waals surface area contributed by atoms with E-state index in [1.807, 2.05) is 36.1 Å². The SMILES string of the molecule is CC1COCCN1C(=O)c1cccc(NC(=O)CCc2cccc(Cl)c2)c1. The highest BCUT2D eigenvalue weighted by molar-refractivity contribution is 6.30. The molecule has 0 radical (unpaired) electrons. The smallest absolute Gasteiger partial charge is 0.254 e. The van der Waals surface area contributed by atoms with Gasteiger partial charge in [-0.2, -0.15) is 0 Å². The van der Waals surface area contributed by atoms with E-state index in [1.54, 1.807) is 24.3 Å². The Balaban J connectivity index is 1.59. The van der Waals surface area contributed by atoms with E-state index in [1.165, 1.54) is 0 Å². The molecule has 0 saturated carbocycles. The first-order chi connectivity index (χ1) is 13.0. The zero-order chi connectivity index (χ0) is 19.2. The highest BCUT2D eigenvalue weighted by Gasteiger charge is 2.24. The molecule has 2 aromatic carbocycles. The molecule has 3 rings (SSSR count). The predicted octanol–water partition coefficient (Wildman–Crippen LogP) is 3.77. The molecule has 1 aliphatic heterocycles. The van der Waals surface area contributed by atoms with Crippen LogP contribution in [0.1, 0.15) is 29.3 Å². The van der Waals surface area contributed by atoms with Gasteiger partial charge in [-0.15, -0.1) is 0 Å². The van der Waals surface area contributed by atoms with Gasteiger partial charge in [-0.05, 0) is 49.2 Å². The van der Waals surface area contributed by atoms with Gasteiger partial charge in [0.2, 0.25) is 5.91 Å². The maximum atomic E-state index is 12.7. The minimum absolute atomic E-state index is 0.0409. The first-order valence-corrected chi connectivity index (χ1v) is 9.44. The summed E-state index contributed by atoms with van der Waals surface area (Å²) >= 11 is 5.97. The van der Waals surface area contributed by atoms with E-state index in [4.69, 9.17) is 16.3 Å². The molecule has 0 bridgehead atoms. The monoisotopic (exact) mass is 386 g/mol. The minimum atomic E-state index is -0.0979. The van der Waals surface area contributed by atoms with Crippen LogP contribution < -0.4 is 5.32 Å². The van der Waals surface area contributed by atoms with Gasteiger partial charge in [-0.1, -0.05) is 29.8 Å². The zero-order valence-corrected chi connectivity index (χ0v) is 16.0. The summed E-state index contributed by atoms with van der Waals surface area (Å²) in [7, 11) is 0. The lowest BCUT2D eigenvalue weighted by atomic mass is 10.1. The summed E-state index contributed by atoms with van der Waals surface area (Å²) < 4.78 is 5.39. The number of rotatable bonds is 5. The number of benzene rings is 2. The molecule has 0 aromatic heterocycles. The second kappa shape index (κ2) is 9.02. The first-order valence-electron chi connectivity index (χ1n) is 9.06. The Bertz CT molecular complexity index is 825. The molecule has 2 amide bonds. The van der Waals surface area contributed by atoms with E-state index in [0.29, 0.717) is 48.9 Å². The number of anilines is 1. The lowest BCUT2D eigenvalue weighted by Gasteiger charge is -2.33. The van der Waals surface area contributed by atoms with Gasteiger partial charge in [-0.3, -0.25) is 9.59 Å². The molecular formula is C21H23ClN2O3. The number of hydrogen-bond donors (Lipinski definition) is 1. The summed E-state index contributed by atoms with van der Waals surface area (Å²) in [4.78, 5) is 26.8. The van der Waals surface area contributed by atoms with Gasteiger partial charge < -0.3 is 15.0 Å². The molecule has 6 heteroatoms. The molecule has 0 spiro atoms. The fourth-order valence-corrected chi connectivity index (χ4v) is 3.31. The Hall–Kier alpha value is -2.37. The fourth-order valence-electron chi connectivity index (χ4n) is 3.10. The van der Waals surface area contributed by atoms with Crippen molar-refractivity contribution >= 4 is 29.1 Å². The van der Waals surface area contributed by atoms with Crippen LogP contribution >= 0.6 is 11.6 Å².